The van der Waals surface area contributed by atoms with E-state index in [-0.39, 0.29) is 11.7 Å². The quantitative estimate of drug-likeness (QED) is 0.807. The molecule has 6 nitrogen and oxygen atoms in total. The summed E-state index contributed by atoms with van der Waals surface area (Å²) in [5, 5.41) is 11.5. The maximum atomic E-state index is 10.5. The molecule has 82 valence electrons. The van der Waals surface area contributed by atoms with E-state index in [9.17, 15) is 4.79 Å². The molecule has 0 atom stereocenters. The molecule has 0 aromatic carbocycles. The van der Waals surface area contributed by atoms with E-state index in [2.05, 4.69) is 15.3 Å². The standard InChI is InChI=1S/C10H9N3O3/c14-9(15)8-6-16-10(13-8)12-5-7-3-1-2-4-11-7/h1-4,6H,5H2,(H,12,13)(H,14,15). The number of hydrogen-bond donors (Lipinski definition) is 2. The molecular formula is C10H9N3O3. The second kappa shape index (κ2) is 4.43. The number of oxazole rings is 1. The van der Waals surface area contributed by atoms with Crippen LogP contribution in [-0.2, 0) is 6.54 Å². The van der Waals surface area contributed by atoms with E-state index in [4.69, 9.17) is 9.52 Å². The van der Waals surface area contributed by atoms with Crippen LogP contribution in [0.5, 0.6) is 0 Å². The molecule has 2 rings (SSSR count). The first kappa shape index (κ1) is 10.2. The van der Waals surface area contributed by atoms with Crippen LogP contribution in [0, 0.1) is 0 Å². The highest BCUT2D eigenvalue weighted by Crippen LogP contribution is 2.08. The topological polar surface area (TPSA) is 88.2 Å². The monoisotopic (exact) mass is 219 g/mol. The van der Waals surface area contributed by atoms with Crippen molar-refractivity contribution in [2.45, 2.75) is 6.54 Å². The van der Waals surface area contributed by atoms with Crippen molar-refractivity contribution >= 4 is 12.0 Å². The van der Waals surface area contributed by atoms with Crippen LogP contribution in [0.3, 0.4) is 0 Å². The van der Waals surface area contributed by atoms with Gasteiger partial charge in [-0.15, -0.1) is 0 Å². The zero-order chi connectivity index (χ0) is 11.4. The Balaban J connectivity index is 1.97. The van der Waals surface area contributed by atoms with Crippen LogP contribution in [-0.4, -0.2) is 21.0 Å². The van der Waals surface area contributed by atoms with Gasteiger partial charge < -0.3 is 14.8 Å². The molecular weight excluding hydrogens is 210 g/mol. The molecule has 16 heavy (non-hydrogen) atoms. The van der Waals surface area contributed by atoms with Gasteiger partial charge in [-0.25, -0.2) is 4.79 Å². The predicted molar refractivity (Wildman–Crippen MR) is 55.0 cm³/mol. The molecule has 2 heterocycles. The summed E-state index contributed by atoms with van der Waals surface area (Å²) in [5.74, 6) is -1.12. The zero-order valence-corrected chi connectivity index (χ0v) is 8.25. The maximum Gasteiger partial charge on any atom is 0.357 e. The summed E-state index contributed by atoms with van der Waals surface area (Å²) < 4.78 is 4.92. The van der Waals surface area contributed by atoms with Gasteiger partial charge in [-0.05, 0) is 12.1 Å². The Hall–Kier alpha value is -2.37. The number of pyridine rings is 1. The van der Waals surface area contributed by atoms with E-state index in [1.807, 2.05) is 18.2 Å². The van der Waals surface area contributed by atoms with Gasteiger partial charge in [0.05, 0.1) is 12.2 Å². The number of hydrogen-bond acceptors (Lipinski definition) is 5. The van der Waals surface area contributed by atoms with Crippen molar-refractivity contribution in [3.8, 4) is 0 Å². The Morgan fingerprint density at radius 1 is 1.50 bits per heavy atom. The third-order valence-electron chi connectivity index (χ3n) is 1.87. The molecule has 2 aromatic heterocycles. The SMILES string of the molecule is O=C(O)c1coc(NCc2ccccn2)n1. The third-order valence-corrected chi connectivity index (χ3v) is 1.87. The molecule has 6 heteroatoms. The summed E-state index contributed by atoms with van der Waals surface area (Å²) >= 11 is 0. The van der Waals surface area contributed by atoms with Crippen LogP contribution < -0.4 is 5.32 Å². The number of carboxylic acid groups (broad SMARTS) is 1. The number of anilines is 1. The number of carboxylic acids is 1. The number of carbonyl (C=O) groups is 1. The highest BCUT2D eigenvalue weighted by atomic mass is 16.4. The van der Waals surface area contributed by atoms with Crippen molar-refractivity contribution in [3.05, 3.63) is 42.0 Å². The molecule has 0 saturated heterocycles. The summed E-state index contributed by atoms with van der Waals surface area (Å²) in [6.45, 7) is 0.431. The third kappa shape index (κ3) is 2.35. The molecule has 0 unspecified atom stereocenters. The van der Waals surface area contributed by atoms with Crippen LogP contribution in [0.1, 0.15) is 16.2 Å². The van der Waals surface area contributed by atoms with E-state index in [1.165, 1.54) is 0 Å². The first-order valence-corrected chi connectivity index (χ1v) is 4.58. The lowest BCUT2D eigenvalue weighted by atomic mass is 10.3. The fraction of sp³-hybridized carbons (Fsp3) is 0.100. The average molecular weight is 219 g/mol. The van der Waals surface area contributed by atoms with E-state index >= 15 is 0 Å². The van der Waals surface area contributed by atoms with E-state index < -0.39 is 5.97 Å². The number of aromatic nitrogens is 2. The molecule has 0 aliphatic rings. The van der Waals surface area contributed by atoms with E-state index in [0.29, 0.717) is 6.54 Å². The molecule has 0 amide bonds. The molecule has 2 aromatic rings. The Kier molecular flexibility index (Phi) is 2.81. The molecule has 0 fully saturated rings. The highest BCUT2D eigenvalue weighted by molar-refractivity contribution is 5.85. The van der Waals surface area contributed by atoms with Gasteiger partial charge >= 0.3 is 5.97 Å². The number of nitrogens with zero attached hydrogens (tertiary/aromatic N) is 2. The predicted octanol–water partition coefficient (Wildman–Crippen LogP) is 1.38. The fourth-order valence-corrected chi connectivity index (χ4v) is 1.12. The molecule has 0 bridgehead atoms. The molecule has 0 aliphatic heterocycles. The first-order chi connectivity index (χ1) is 7.75. The second-order valence-electron chi connectivity index (χ2n) is 3.02. The molecule has 0 spiro atoms. The normalized spacial score (nSPS) is 10.0. The van der Waals surface area contributed by atoms with Crippen LogP contribution in [0.15, 0.2) is 35.1 Å². The number of aromatic carboxylic acids is 1. The van der Waals surface area contributed by atoms with Gasteiger partial charge in [0, 0.05) is 6.20 Å². The minimum absolute atomic E-state index is 0.122. The maximum absolute atomic E-state index is 10.5. The van der Waals surface area contributed by atoms with Gasteiger partial charge in [0.25, 0.3) is 6.01 Å². The number of rotatable bonds is 4. The van der Waals surface area contributed by atoms with Crippen molar-refractivity contribution in [1.82, 2.24) is 9.97 Å². The van der Waals surface area contributed by atoms with Gasteiger partial charge in [-0.3, -0.25) is 4.98 Å². The highest BCUT2D eigenvalue weighted by Gasteiger charge is 2.09. The summed E-state index contributed by atoms with van der Waals surface area (Å²) in [7, 11) is 0. The van der Waals surface area contributed by atoms with Crippen molar-refractivity contribution in [1.29, 1.82) is 0 Å². The fourth-order valence-electron chi connectivity index (χ4n) is 1.12. The number of nitrogens with one attached hydrogen (secondary N) is 1. The Bertz CT molecular complexity index is 481. The first-order valence-electron chi connectivity index (χ1n) is 4.58. The Morgan fingerprint density at radius 3 is 3.00 bits per heavy atom. The zero-order valence-electron chi connectivity index (χ0n) is 8.25. The minimum atomic E-state index is -1.12. The molecule has 0 aliphatic carbocycles. The Morgan fingerprint density at radius 2 is 2.38 bits per heavy atom. The summed E-state index contributed by atoms with van der Waals surface area (Å²) in [6, 6.07) is 5.69. The van der Waals surface area contributed by atoms with Gasteiger partial charge in [0.2, 0.25) is 0 Å². The lowest BCUT2D eigenvalue weighted by molar-refractivity contribution is 0.0690. The lowest BCUT2D eigenvalue weighted by Gasteiger charge is -1.99. The largest absolute Gasteiger partial charge is 0.476 e. The van der Waals surface area contributed by atoms with Gasteiger partial charge in [0.1, 0.15) is 6.26 Å². The average Bonchev–Trinajstić information content (AvgIpc) is 2.76. The summed E-state index contributed by atoms with van der Waals surface area (Å²) in [5.41, 5.74) is 0.695. The molecule has 2 N–H and O–H groups in total. The summed E-state index contributed by atoms with van der Waals surface area (Å²) in [4.78, 5) is 18.3. The van der Waals surface area contributed by atoms with Crippen molar-refractivity contribution in [2.24, 2.45) is 0 Å². The van der Waals surface area contributed by atoms with Crippen LogP contribution in [0.25, 0.3) is 0 Å². The van der Waals surface area contributed by atoms with Crippen molar-refractivity contribution < 1.29 is 14.3 Å². The lowest BCUT2D eigenvalue weighted by Crippen LogP contribution is -2.02. The molecule has 0 saturated carbocycles. The van der Waals surface area contributed by atoms with Gasteiger partial charge in [-0.2, -0.15) is 4.98 Å². The van der Waals surface area contributed by atoms with E-state index in [1.54, 1.807) is 6.20 Å². The second-order valence-corrected chi connectivity index (χ2v) is 3.02. The minimum Gasteiger partial charge on any atom is -0.476 e. The van der Waals surface area contributed by atoms with Crippen LogP contribution in [0.4, 0.5) is 6.01 Å². The van der Waals surface area contributed by atoms with Crippen molar-refractivity contribution in [2.75, 3.05) is 5.32 Å². The van der Waals surface area contributed by atoms with Crippen molar-refractivity contribution in [3.63, 3.8) is 0 Å². The van der Waals surface area contributed by atoms with Gasteiger partial charge in [-0.1, -0.05) is 6.07 Å². The summed E-state index contributed by atoms with van der Waals surface area (Å²) in [6.07, 6.45) is 2.76. The van der Waals surface area contributed by atoms with Crippen LogP contribution in [0.2, 0.25) is 0 Å². The smallest absolute Gasteiger partial charge is 0.357 e. The van der Waals surface area contributed by atoms with E-state index in [0.717, 1.165) is 12.0 Å². The van der Waals surface area contributed by atoms with Crippen LogP contribution >= 0.6 is 0 Å². The van der Waals surface area contributed by atoms with Gasteiger partial charge in [0.15, 0.2) is 5.69 Å². The molecule has 0 radical (unpaired) electrons. The Labute approximate surface area is 91.0 Å².